The van der Waals surface area contributed by atoms with Crippen LogP contribution in [0.15, 0.2) is 61.2 Å². The molecule has 0 aromatic heterocycles. The zero-order valence-corrected chi connectivity index (χ0v) is 14.4. The van der Waals surface area contributed by atoms with Gasteiger partial charge in [0, 0.05) is 6.54 Å². The van der Waals surface area contributed by atoms with E-state index in [9.17, 15) is 14.4 Å². The topological polar surface area (TPSA) is 78.8 Å². The van der Waals surface area contributed by atoms with Gasteiger partial charge in [-0.05, 0) is 30.2 Å². The summed E-state index contributed by atoms with van der Waals surface area (Å²) in [6.07, 6.45) is 1.63. The van der Waals surface area contributed by atoms with E-state index in [0.717, 1.165) is 11.1 Å². The van der Waals surface area contributed by atoms with Gasteiger partial charge in [0.2, 0.25) is 0 Å². The smallest absolute Gasteiger partial charge is 0.346 e. The summed E-state index contributed by atoms with van der Waals surface area (Å²) in [6.45, 7) is 6.31. The van der Waals surface area contributed by atoms with E-state index in [2.05, 4.69) is 11.9 Å². The third-order valence-corrected chi connectivity index (χ3v) is 4.67. The molecule has 5 nitrogen and oxygen atoms in total. The SMILES string of the molecule is C=CCOc1ccc([C@@H](NCc2ccc(C)cc2)P(=O)(O)O)cc1. The van der Waals surface area contributed by atoms with E-state index in [4.69, 9.17) is 4.74 Å². The number of ether oxygens (including phenoxy) is 1. The Bertz CT molecular complexity index is 707. The lowest BCUT2D eigenvalue weighted by atomic mass is 10.1. The second-order valence-corrected chi connectivity index (χ2v) is 7.22. The Balaban J connectivity index is 2.11. The van der Waals surface area contributed by atoms with Crippen molar-refractivity contribution in [2.75, 3.05) is 6.61 Å². The third-order valence-electron chi connectivity index (χ3n) is 3.52. The molecule has 0 spiro atoms. The first-order chi connectivity index (χ1) is 11.4. The summed E-state index contributed by atoms with van der Waals surface area (Å²) in [5.41, 5.74) is 2.62. The molecule has 2 rings (SSSR count). The van der Waals surface area contributed by atoms with Gasteiger partial charge in [0.05, 0.1) is 0 Å². The van der Waals surface area contributed by atoms with Crippen LogP contribution in [0.2, 0.25) is 0 Å². The second-order valence-electron chi connectivity index (χ2n) is 5.53. The largest absolute Gasteiger partial charge is 0.490 e. The van der Waals surface area contributed by atoms with Crippen molar-refractivity contribution in [1.82, 2.24) is 5.32 Å². The zero-order chi connectivity index (χ0) is 17.6. The van der Waals surface area contributed by atoms with Gasteiger partial charge in [0.25, 0.3) is 0 Å². The van der Waals surface area contributed by atoms with Crippen LogP contribution in [0, 0.1) is 6.92 Å². The van der Waals surface area contributed by atoms with Crippen LogP contribution in [0.3, 0.4) is 0 Å². The van der Waals surface area contributed by atoms with Gasteiger partial charge >= 0.3 is 7.60 Å². The van der Waals surface area contributed by atoms with Crippen LogP contribution in [0.1, 0.15) is 22.5 Å². The predicted molar refractivity (Wildman–Crippen MR) is 94.9 cm³/mol. The Hall–Kier alpha value is -1.91. The molecule has 0 aliphatic rings. The van der Waals surface area contributed by atoms with Crippen molar-refractivity contribution >= 4 is 7.60 Å². The summed E-state index contributed by atoms with van der Waals surface area (Å²) in [7, 11) is -4.35. The molecule has 0 aliphatic heterocycles. The van der Waals surface area contributed by atoms with Gasteiger partial charge in [-0.1, -0.05) is 54.6 Å². The minimum Gasteiger partial charge on any atom is -0.490 e. The van der Waals surface area contributed by atoms with Crippen molar-refractivity contribution in [3.05, 3.63) is 77.9 Å². The molecule has 0 unspecified atom stereocenters. The molecule has 24 heavy (non-hydrogen) atoms. The maximum Gasteiger partial charge on any atom is 0.346 e. The van der Waals surface area contributed by atoms with Crippen LogP contribution >= 0.6 is 7.60 Å². The van der Waals surface area contributed by atoms with Crippen LogP contribution in [0.4, 0.5) is 0 Å². The fourth-order valence-electron chi connectivity index (χ4n) is 2.25. The van der Waals surface area contributed by atoms with Gasteiger partial charge in [-0.3, -0.25) is 9.88 Å². The Labute approximate surface area is 142 Å². The maximum absolute atomic E-state index is 11.9. The average molecular weight is 347 g/mol. The van der Waals surface area contributed by atoms with E-state index in [0.29, 0.717) is 24.5 Å². The molecule has 0 aliphatic carbocycles. The molecule has 3 N–H and O–H groups in total. The van der Waals surface area contributed by atoms with Crippen molar-refractivity contribution in [3.63, 3.8) is 0 Å². The molecule has 2 aromatic rings. The van der Waals surface area contributed by atoms with E-state index >= 15 is 0 Å². The number of rotatable bonds is 8. The molecule has 0 fully saturated rings. The molecule has 0 heterocycles. The lowest BCUT2D eigenvalue weighted by Crippen LogP contribution is -2.21. The van der Waals surface area contributed by atoms with Crippen molar-refractivity contribution in [3.8, 4) is 5.75 Å². The van der Waals surface area contributed by atoms with Crippen LogP contribution in [-0.2, 0) is 11.1 Å². The maximum atomic E-state index is 11.9. The van der Waals surface area contributed by atoms with Crippen molar-refractivity contribution in [2.24, 2.45) is 0 Å². The van der Waals surface area contributed by atoms with Gasteiger partial charge < -0.3 is 14.5 Å². The number of hydrogen-bond donors (Lipinski definition) is 3. The Morgan fingerprint density at radius 1 is 1.17 bits per heavy atom. The molecule has 0 bridgehead atoms. The van der Waals surface area contributed by atoms with Gasteiger partial charge in [0.15, 0.2) is 0 Å². The number of hydrogen-bond acceptors (Lipinski definition) is 3. The van der Waals surface area contributed by atoms with Crippen molar-refractivity contribution in [1.29, 1.82) is 0 Å². The predicted octanol–water partition coefficient (Wildman–Crippen LogP) is 3.53. The average Bonchev–Trinajstić information content (AvgIpc) is 2.55. The molecule has 128 valence electrons. The minimum atomic E-state index is -4.35. The van der Waals surface area contributed by atoms with Crippen molar-refractivity contribution < 1.29 is 19.1 Å². The van der Waals surface area contributed by atoms with E-state index in [1.165, 1.54) is 0 Å². The molecule has 6 heteroatoms. The number of benzene rings is 2. The van der Waals surface area contributed by atoms with Crippen LogP contribution in [0.5, 0.6) is 5.75 Å². The Morgan fingerprint density at radius 2 is 1.79 bits per heavy atom. The minimum absolute atomic E-state index is 0.366. The van der Waals surface area contributed by atoms with Gasteiger partial charge in [-0.25, -0.2) is 0 Å². The normalized spacial score (nSPS) is 12.6. The monoisotopic (exact) mass is 347 g/mol. The fraction of sp³-hybridized carbons (Fsp3) is 0.222. The van der Waals surface area contributed by atoms with E-state index < -0.39 is 13.4 Å². The summed E-state index contributed by atoms with van der Waals surface area (Å²) < 4.78 is 17.2. The number of nitrogens with one attached hydrogen (secondary N) is 1. The Kier molecular flexibility index (Phi) is 6.35. The molecule has 0 saturated heterocycles. The quantitative estimate of drug-likeness (QED) is 0.503. The van der Waals surface area contributed by atoms with Crippen LogP contribution in [-0.4, -0.2) is 16.4 Å². The van der Waals surface area contributed by atoms with E-state index in [1.807, 2.05) is 31.2 Å². The standard InChI is InChI=1S/C18H22NO4P/c1-3-12-23-17-10-8-16(9-11-17)18(24(20,21)22)19-13-15-6-4-14(2)5-7-15/h3-11,18-19H,1,12-13H2,2H3,(H2,20,21,22)/t18-/m0/s1. The molecule has 2 aromatic carbocycles. The van der Waals surface area contributed by atoms with Gasteiger partial charge in [-0.15, -0.1) is 0 Å². The highest BCUT2D eigenvalue weighted by atomic mass is 31.2. The summed E-state index contributed by atoms with van der Waals surface area (Å²) in [5.74, 6) is -0.436. The highest BCUT2D eigenvalue weighted by Gasteiger charge is 2.29. The first-order valence-corrected chi connectivity index (χ1v) is 9.26. The molecular formula is C18H22NO4P. The highest BCUT2D eigenvalue weighted by molar-refractivity contribution is 7.52. The van der Waals surface area contributed by atoms with Crippen LogP contribution < -0.4 is 10.1 Å². The summed E-state index contributed by atoms with van der Waals surface area (Å²) >= 11 is 0. The first kappa shape index (κ1) is 18.4. The summed E-state index contributed by atoms with van der Waals surface area (Å²) in [6, 6.07) is 14.5. The molecule has 0 amide bonds. The molecule has 0 radical (unpaired) electrons. The van der Waals surface area contributed by atoms with Gasteiger partial charge in [-0.2, -0.15) is 0 Å². The van der Waals surface area contributed by atoms with Gasteiger partial charge in [0.1, 0.15) is 18.1 Å². The summed E-state index contributed by atoms with van der Waals surface area (Å²) in [5, 5.41) is 2.95. The molecular weight excluding hydrogens is 325 g/mol. The Morgan fingerprint density at radius 3 is 2.33 bits per heavy atom. The van der Waals surface area contributed by atoms with E-state index in [-0.39, 0.29) is 0 Å². The molecule has 1 atom stereocenters. The lowest BCUT2D eigenvalue weighted by molar-refractivity contribution is 0.346. The highest BCUT2D eigenvalue weighted by Crippen LogP contribution is 2.50. The number of aryl methyl sites for hydroxylation is 1. The lowest BCUT2D eigenvalue weighted by Gasteiger charge is -2.21. The van der Waals surface area contributed by atoms with Crippen LogP contribution in [0.25, 0.3) is 0 Å². The van der Waals surface area contributed by atoms with E-state index in [1.54, 1.807) is 30.3 Å². The first-order valence-electron chi connectivity index (χ1n) is 7.58. The third kappa shape index (κ3) is 5.32. The van der Waals surface area contributed by atoms with Crippen molar-refractivity contribution in [2.45, 2.75) is 19.3 Å². The molecule has 0 saturated carbocycles. The fourth-order valence-corrected chi connectivity index (χ4v) is 3.14. The summed E-state index contributed by atoms with van der Waals surface area (Å²) in [4.78, 5) is 19.3. The zero-order valence-electron chi connectivity index (χ0n) is 13.6. The second kappa shape index (κ2) is 8.27.